The van der Waals surface area contributed by atoms with Crippen LogP contribution in [0.25, 0.3) is 0 Å². The molecule has 114 valence electrons. The summed E-state index contributed by atoms with van der Waals surface area (Å²) in [5, 5.41) is 8.04. The van der Waals surface area contributed by atoms with Gasteiger partial charge in [0.15, 0.2) is 0 Å². The Morgan fingerprint density at radius 2 is 2.05 bits per heavy atom. The van der Waals surface area contributed by atoms with Gasteiger partial charge in [0.25, 0.3) is 0 Å². The van der Waals surface area contributed by atoms with Crippen molar-refractivity contribution in [2.75, 3.05) is 26.2 Å². The molecule has 0 atom stereocenters. The van der Waals surface area contributed by atoms with Crippen molar-refractivity contribution < 1.29 is 0 Å². The van der Waals surface area contributed by atoms with Gasteiger partial charge < -0.3 is 5.32 Å². The molecule has 1 fully saturated rings. The van der Waals surface area contributed by atoms with Crippen molar-refractivity contribution in [1.82, 2.24) is 20.0 Å². The minimum atomic E-state index is 0.842. The number of hydrogen-bond acceptors (Lipinski definition) is 3. The first-order chi connectivity index (χ1) is 9.65. The summed E-state index contributed by atoms with van der Waals surface area (Å²) in [5.74, 6) is 0.842. The van der Waals surface area contributed by atoms with Crippen LogP contribution >= 0.6 is 15.9 Å². The zero-order chi connectivity index (χ0) is 14.5. The summed E-state index contributed by atoms with van der Waals surface area (Å²) in [6.45, 7) is 10.1. The summed E-state index contributed by atoms with van der Waals surface area (Å²) in [5.41, 5.74) is 2.47. The molecule has 5 heteroatoms. The lowest BCUT2D eigenvalue weighted by Gasteiger charge is -2.29. The molecule has 1 aromatic rings. The van der Waals surface area contributed by atoms with Gasteiger partial charge in [0.2, 0.25) is 0 Å². The van der Waals surface area contributed by atoms with Crippen molar-refractivity contribution in [3.8, 4) is 0 Å². The van der Waals surface area contributed by atoms with Crippen LogP contribution in [0.1, 0.15) is 38.1 Å². The molecule has 1 aliphatic rings. The lowest BCUT2D eigenvalue weighted by Crippen LogP contribution is -2.36. The molecule has 0 aliphatic carbocycles. The quantitative estimate of drug-likeness (QED) is 0.862. The smallest absolute Gasteiger partial charge is 0.0767 e. The number of piperidine rings is 1. The van der Waals surface area contributed by atoms with Crippen LogP contribution in [0.2, 0.25) is 0 Å². The van der Waals surface area contributed by atoms with Crippen LogP contribution < -0.4 is 5.32 Å². The predicted octanol–water partition coefficient (Wildman–Crippen LogP) is 2.57. The van der Waals surface area contributed by atoms with E-state index in [2.05, 4.69) is 52.1 Å². The fourth-order valence-corrected chi connectivity index (χ4v) is 3.68. The van der Waals surface area contributed by atoms with Gasteiger partial charge in [-0.3, -0.25) is 9.58 Å². The van der Waals surface area contributed by atoms with Crippen LogP contribution in [-0.2, 0) is 20.0 Å². The fourth-order valence-electron chi connectivity index (χ4n) is 2.94. The number of nitrogens with zero attached hydrogens (tertiary/aromatic N) is 3. The van der Waals surface area contributed by atoms with E-state index in [4.69, 9.17) is 0 Å². The molecule has 1 aliphatic heterocycles. The van der Waals surface area contributed by atoms with E-state index in [9.17, 15) is 0 Å². The van der Waals surface area contributed by atoms with Crippen molar-refractivity contribution in [3.63, 3.8) is 0 Å². The fraction of sp³-hybridized carbons (Fsp3) is 0.800. The largest absolute Gasteiger partial charge is 0.317 e. The van der Waals surface area contributed by atoms with Crippen LogP contribution in [0, 0.1) is 5.92 Å². The highest BCUT2D eigenvalue weighted by atomic mass is 79.9. The van der Waals surface area contributed by atoms with Gasteiger partial charge in [-0.15, -0.1) is 0 Å². The third-order valence-electron chi connectivity index (χ3n) is 4.30. The summed E-state index contributed by atoms with van der Waals surface area (Å²) in [4.78, 5) is 2.55. The van der Waals surface area contributed by atoms with Crippen LogP contribution in [0.15, 0.2) is 4.47 Å². The average Bonchev–Trinajstić information content (AvgIpc) is 2.74. The third kappa shape index (κ3) is 3.83. The van der Waals surface area contributed by atoms with Gasteiger partial charge in [-0.05, 0) is 60.7 Å². The zero-order valence-corrected chi connectivity index (χ0v) is 14.5. The molecule has 1 N–H and O–H groups in total. The Morgan fingerprint density at radius 3 is 2.60 bits per heavy atom. The molecule has 2 rings (SSSR count). The van der Waals surface area contributed by atoms with E-state index in [1.165, 1.54) is 48.3 Å². The lowest BCUT2D eigenvalue weighted by atomic mass is 9.97. The molecule has 4 nitrogen and oxygen atoms in total. The highest BCUT2D eigenvalue weighted by Gasteiger charge is 2.19. The Kier molecular flexibility index (Phi) is 6.05. The minimum absolute atomic E-state index is 0.842. The highest BCUT2D eigenvalue weighted by Crippen LogP contribution is 2.24. The summed E-state index contributed by atoms with van der Waals surface area (Å²) < 4.78 is 3.24. The molecule has 0 unspecified atom stereocenters. The Balaban J connectivity index is 2.00. The van der Waals surface area contributed by atoms with Crippen molar-refractivity contribution in [3.05, 3.63) is 15.9 Å². The average molecular weight is 343 g/mol. The normalized spacial score (nSPS) is 17.1. The molecule has 2 heterocycles. The summed E-state index contributed by atoms with van der Waals surface area (Å²) in [6, 6.07) is 0. The number of rotatable bonds is 6. The minimum Gasteiger partial charge on any atom is -0.317 e. The molecule has 20 heavy (non-hydrogen) atoms. The second kappa shape index (κ2) is 7.57. The predicted molar refractivity (Wildman–Crippen MR) is 86.8 cm³/mol. The number of nitrogens with one attached hydrogen (secondary N) is 1. The van der Waals surface area contributed by atoms with Gasteiger partial charge in [-0.2, -0.15) is 5.10 Å². The summed E-state index contributed by atoms with van der Waals surface area (Å²) >= 11 is 3.73. The monoisotopic (exact) mass is 342 g/mol. The SMILES string of the molecule is CCc1nn(C)c(CN(CC)CC2CCNCC2)c1Br. The van der Waals surface area contributed by atoms with Gasteiger partial charge in [0, 0.05) is 20.1 Å². The number of hydrogen-bond donors (Lipinski definition) is 1. The second-order valence-electron chi connectivity index (χ2n) is 5.71. The lowest BCUT2D eigenvalue weighted by molar-refractivity contribution is 0.203. The highest BCUT2D eigenvalue weighted by molar-refractivity contribution is 9.10. The van der Waals surface area contributed by atoms with Crippen LogP contribution in [0.3, 0.4) is 0 Å². The topological polar surface area (TPSA) is 33.1 Å². The van der Waals surface area contributed by atoms with E-state index in [0.29, 0.717) is 0 Å². The van der Waals surface area contributed by atoms with Crippen LogP contribution in [0.4, 0.5) is 0 Å². The maximum atomic E-state index is 4.60. The van der Waals surface area contributed by atoms with Gasteiger partial charge in [-0.25, -0.2) is 0 Å². The Morgan fingerprint density at radius 1 is 1.35 bits per heavy atom. The summed E-state index contributed by atoms with van der Waals surface area (Å²) in [6.07, 6.45) is 3.60. The van der Waals surface area contributed by atoms with Gasteiger partial charge >= 0.3 is 0 Å². The van der Waals surface area contributed by atoms with E-state index < -0.39 is 0 Å². The van der Waals surface area contributed by atoms with Gasteiger partial charge in [0.1, 0.15) is 0 Å². The molecular weight excluding hydrogens is 316 g/mol. The second-order valence-corrected chi connectivity index (χ2v) is 6.50. The van der Waals surface area contributed by atoms with E-state index in [1.54, 1.807) is 0 Å². The van der Waals surface area contributed by atoms with E-state index in [-0.39, 0.29) is 0 Å². The van der Waals surface area contributed by atoms with Gasteiger partial charge in [0.05, 0.1) is 15.9 Å². The standard InChI is InChI=1S/C15H27BrN4/c1-4-13-15(16)14(19(3)18-13)11-20(5-2)10-12-6-8-17-9-7-12/h12,17H,4-11H2,1-3H3. The van der Waals surface area contributed by atoms with Crippen molar-refractivity contribution >= 4 is 15.9 Å². The van der Waals surface area contributed by atoms with Crippen molar-refractivity contribution in [2.24, 2.45) is 13.0 Å². The van der Waals surface area contributed by atoms with E-state index in [1.807, 2.05) is 4.68 Å². The Bertz CT molecular complexity index is 424. The first-order valence-corrected chi connectivity index (χ1v) is 8.58. The van der Waals surface area contributed by atoms with Crippen LogP contribution in [-0.4, -0.2) is 40.9 Å². The van der Waals surface area contributed by atoms with Gasteiger partial charge in [-0.1, -0.05) is 13.8 Å². The molecule has 1 aromatic heterocycles. The molecule has 0 spiro atoms. The van der Waals surface area contributed by atoms with Crippen molar-refractivity contribution in [1.29, 1.82) is 0 Å². The van der Waals surface area contributed by atoms with E-state index >= 15 is 0 Å². The molecular formula is C15H27BrN4. The molecule has 1 saturated heterocycles. The van der Waals surface area contributed by atoms with Crippen LogP contribution in [0.5, 0.6) is 0 Å². The first kappa shape index (κ1) is 16.0. The molecule has 0 bridgehead atoms. The van der Waals surface area contributed by atoms with E-state index in [0.717, 1.165) is 25.4 Å². The molecule has 0 radical (unpaired) electrons. The number of aromatic nitrogens is 2. The molecule has 0 saturated carbocycles. The Labute approximate surface area is 131 Å². The zero-order valence-electron chi connectivity index (χ0n) is 13.0. The molecule has 0 amide bonds. The maximum Gasteiger partial charge on any atom is 0.0767 e. The Hall–Kier alpha value is -0.390. The third-order valence-corrected chi connectivity index (χ3v) is 5.21. The maximum absolute atomic E-state index is 4.60. The molecule has 0 aromatic carbocycles. The number of aryl methyl sites for hydroxylation is 2. The van der Waals surface area contributed by atoms with Crippen molar-refractivity contribution in [2.45, 2.75) is 39.7 Å². The first-order valence-electron chi connectivity index (χ1n) is 7.79. The number of halogens is 1. The summed E-state index contributed by atoms with van der Waals surface area (Å²) in [7, 11) is 2.05.